The molecule has 23 heavy (non-hydrogen) atoms. The number of aromatic nitrogens is 2. The second-order valence-electron chi connectivity index (χ2n) is 4.40. The van der Waals surface area contributed by atoms with Crippen LogP contribution < -0.4 is 9.46 Å². The number of nitrogens with zero attached hydrogens (tertiary/aromatic N) is 2. The van der Waals surface area contributed by atoms with Gasteiger partial charge in [-0.15, -0.1) is 21.5 Å². The Kier molecular flexibility index (Phi) is 4.60. The smallest absolute Gasteiger partial charge is 0.263 e. The Morgan fingerprint density at radius 1 is 1.17 bits per heavy atom. The number of hydrogen-bond donors (Lipinski definition) is 1. The summed E-state index contributed by atoms with van der Waals surface area (Å²) in [5.41, 5.74) is 0. The predicted molar refractivity (Wildman–Crippen MR) is 91.6 cm³/mol. The van der Waals surface area contributed by atoms with Crippen LogP contribution in [0.5, 0.6) is 5.75 Å². The third-order valence-corrected chi connectivity index (χ3v) is 6.19. The molecule has 0 radical (unpaired) electrons. The van der Waals surface area contributed by atoms with Gasteiger partial charge >= 0.3 is 0 Å². The number of benzene rings is 1. The summed E-state index contributed by atoms with van der Waals surface area (Å²) in [4.78, 5) is 1.10. The highest BCUT2D eigenvalue weighted by atomic mass is 32.2. The molecule has 0 saturated heterocycles. The Bertz CT molecular complexity index is 872. The number of ether oxygens (including phenoxy) is 1. The molecule has 9 heteroatoms. The number of rotatable bonds is 6. The van der Waals surface area contributed by atoms with Crippen molar-refractivity contribution in [3.05, 3.63) is 41.8 Å². The molecule has 2 heterocycles. The lowest BCUT2D eigenvalue weighted by Gasteiger charge is -2.06. The Hall–Kier alpha value is -1.97. The standard InChI is InChI=1S/C14H13N3O3S3/c1-2-20-10-5-7-11(8-6-10)23(18,19)17-14-16-15-13(22-14)12-4-3-9-21-12/h3-9H,2H2,1H3,(H,16,17). The monoisotopic (exact) mass is 367 g/mol. The first kappa shape index (κ1) is 15.9. The molecule has 120 valence electrons. The maximum atomic E-state index is 12.4. The van der Waals surface area contributed by atoms with Crippen LogP contribution in [0.2, 0.25) is 0 Å². The lowest BCUT2D eigenvalue weighted by atomic mass is 10.3. The van der Waals surface area contributed by atoms with Crippen molar-refractivity contribution in [2.75, 3.05) is 11.3 Å². The van der Waals surface area contributed by atoms with Crippen molar-refractivity contribution in [1.29, 1.82) is 0 Å². The van der Waals surface area contributed by atoms with Crippen molar-refractivity contribution in [2.45, 2.75) is 11.8 Å². The van der Waals surface area contributed by atoms with Crippen LogP contribution in [0.3, 0.4) is 0 Å². The second kappa shape index (κ2) is 6.65. The summed E-state index contributed by atoms with van der Waals surface area (Å²) in [5, 5.41) is 10.8. The Labute approximate surface area is 141 Å². The number of hydrogen-bond acceptors (Lipinski definition) is 7. The van der Waals surface area contributed by atoms with Gasteiger partial charge in [0.15, 0.2) is 5.01 Å². The van der Waals surface area contributed by atoms with Gasteiger partial charge in [0, 0.05) is 0 Å². The topological polar surface area (TPSA) is 81.2 Å². The van der Waals surface area contributed by atoms with Gasteiger partial charge in [0.05, 0.1) is 16.4 Å². The van der Waals surface area contributed by atoms with E-state index in [1.807, 2.05) is 24.4 Å². The molecule has 3 rings (SSSR count). The molecular weight excluding hydrogens is 354 g/mol. The van der Waals surface area contributed by atoms with E-state index in [0.717, 1.165) is 4.88 Å². The van der Waals surface area contributed by atoms with Crippen LogP contribution in [-0.4, -0.2) is 25.2 Å². The van der Waals surface area contributed by atoms with Gasteiger partial charge in [-0.1, -0.05) is 17.4 Å². The van der Waals surface area contributed by atoms with Gasteiger partial charge < -0.3 is 4.74 Å². The second-order valence-corrected chi connectivity index (χ2v) is 8.01. The molecule has 1 N–H and O–H groups in total. The molecule has 2 aromatic heterocycles. The molecule has 0 bridgehead atoms. The van der Waals surface area contributed by atoms with Gasteiger partial charge in [0.25, 0.3) is 10.0 Å². The van der Waals surface area contributed by atoms with Crippen molar-refractivity contribution in [3.63, 3.8) is 0 Å². The number of sulfonamides is 1. The summed E-state index contributed by atoms with van der Waals surface area (Å²) in [6.45, 7) is 2.40. The minimum atomic E-state index is -3.69. The molecule has 0 saturated carbocycles. The molecular formula is C14H13N3O3S3. The highest BCUT2D eigenvalue weighted by Crippen LogP contribution is 2.30. The highest BCUT2D eigenvalue weighted by molar-refractivity contribution is 7.93. The average molecular weight is 367 g/mol. The molecule has 0 fully saturated rings. The van der Waals surface area contributed by atoms with Crippen LogP contribution in [0.4, 0.5) is 5.13 Å². The van der Waals surface area contributed by atoms with E-state index < -0.39 is 10.0 Å². The van der Waals surface area contributed by atoms with Crippen LogP contribution >= 0.6 is 22.7 Å². The molecule has 1 aromatic carbocycles. The predicted octanol–water partition coefficient (Wildman–Crippen LogP) is 3.47. The minimum absolute atomic E-state index is 0.147. The fraction of sp³-hybridized carbons (Fsp3) is 0.143. The number of anilines is 1. The summed E-state index contributed by atoms with van der Waals surface area (Å²) >= 11 is 2.72. The number of nitrogens with one attached hydrogen (secondary N) is 1. The van der Waals surface area contributed by atoms with E-state index in [-0.39, 0.29) is 10.0 Å². The average Bonchev–Trinajstić information content (AvgIpc) is 3.19. The van der Waals surface area contributed by atoms with Crippen molar-refractivity contribution in [2.24, 2.45) is 0 Å². The molecule has 0 atom stereocenters. The van der Waals surface area contributed by atoms with Crippen LogP contribution in [0, 0.1) is 0 Å². The van der Waals surface area contributed by atoms with Crippen molar-refractivity contribution < 1.29 is 13.2 Å². The maximum Gasteiger partial charge on any atom is 0.263 e. The van der Waals surface area contributed by atoms with Crippen LogP contribution in [0.1, 0.15) is 6.92 Å². The molecule has 6 nitrogen and oxygen atoms in total. The van der Waals surface area contributed by atoms with Crippen molar-refractivity contribution in [1.82, 2.24) is 10.2 Å². The molecule has 0 unspecified atom stereocenters. The summed E-state index contributed by atoms with van der Waals surface area (Å²) in [6, 6.07) is 10.1. The van der Waals surface area contributed by atoms with Gasteiger partial charge in [-0.2, -0.15) is 0 Å². The lowest BCUT2D eigenvalue weighted by Crippen LogP contribution is -2.12. The maximum absolute atomic E-state index is 12.4. The Balaban J connectivity index is 1.78. The van der Waals surface area contributed by atoms with Gasteiger partial charge in [-0.05, 0) is 42.6 Å². The van der Waals surface area contributed by atoms with Crippen LogP contribution in [0.15, 0.2) is 46.7 Å². The summed E-state index contributed by atoms with van der Waals surface area (Å²) in [5.74, 6) is 0.627. The van der Waals surface area contributed by atoms with Crippen molar-refractivity contribution in [3.8, 4) is 15.6 Å². The van der Waals surface area contributed by atoms with E-state index in [1.165, 1.54) is 34.8 Å². The first-order valence-corrected chi connectivity index (χ1v) is 9.89. The van der Waals surface area contributed by atoms with E-state index in [1.54, 1.807) is 12.1 Å². The minimum Gasteiger partial charge on any atom is -0.494 e. The lowest BCUT2D eigenvalue weighted by molar-refractivity contribution is 0.340. The quantitative estimate of drug-likeness (QED) is 0.721. The molecule has 0 aliphatic heterocycles. The van der Waals surface area contributed by atoms with Gasteiger partial charge in [-0.25, -0.2) is 8.42 Å². The van der Waals surface area contributed by atoms with Crippen LogP contribution in [-0.2, 0) is 10.0 Å². The summed E-state index contributed by atoms with van der Waals surface area (Å²) in [6.07, 6.45) is 0. The number of thiophene rings is 1. The Morgan fingerprint density at radius 2 is 1.96 bits per heavy atom. The third kappa shape index (κ3) is 3.69. The molecule has 0 aliphatic rings. The van der Waals surface area contributed by atoms with Crippen LogP contribution in [0.25, 0.3) is 9.88 Å². The fourth-order valence-electron chi connectivity index (χ4n) is 1.82. The normalized spacial score (nSPS) is 11.3. The highest BCUT2D eigenvalue weighted by Gasteiger charge is 2.17. The zero-order chi connectivity index (χ0) is 16.3. The van der Waals surface area contributed by atoms with Gasteiger partial charge in [0.2, 0.25) is 5.13 Å². The summed E-state index contributed by atoms with van der Waals surface area (Å²) in [7, 11) is -3.69. The first-order chi connectivity index (χ1) is 11.1. The zero-order valence-electron chi connectivity index (χ0n) is 12.1. The Morgan fingerprint density at radius 3 is 2.61 bits per heavy atom. The van der Waals surface area contributed by atoms with Gasteiger partial charge in [-0.3, -0.25) is 4.72 Å². The third-order valence-electron chi connectivity index (χ3n) is 2.82. The van der Waals surface area contributed by atoms with E-state index in [9.17, 15) is 8.42 Å². The summed E-state index contributed by atoms with van der Waals surface area (Å²) < 4.78 is 32.5. The zero-order valence-corrected chi connectivity index (χ0v) is 14.5. The van der Waals surface area contributed by atoms with Crippen molar-refractivity contribution >= 4 is 37.8 Å². The molecule has 3 aromatic rings. The van der Waals surface area contributed by atoms with E-state index in [0.29, 0.717) is 17.4 Å². The van der Waals surface area contributed by atoms with Gasteiger partial charge in [0.1, 0.15) is 5.75 Å². The molecule has 0 amide bonds. The van der Waals surface area contributed by atoms with E-state index in [2.05, 4.69) is 14.9 Å². The fourth-order valence-corrected chi connectivity index (χ4v) is 4.59. The largest absolute Gasteiger partial charge is 0.494 e. The molecule has 0 spiro atoms. The van der Waals surface area contributed by atoms with E-state index in [4.69, 9.17) is 4.74 Å². The molecule has 0 aliphatic carbocycles. The van der Waals surface area contributed by atoms with E-state index >= 15 is 0 Å². The first-order valence-electron chi connectivity index (χ1n) is 6.71. The SMILES string of the molecule is CCOc1ccc(S(=O)(=O)Nc2nnc(-c3cccs3)s2)cc1.